The number of rotatable bonds is 2. The number of nitrogens with zero attached hydrogens (tertiary/aromatic N) is 1. The fraction of sp³-hybridized carbons (Fsp3) is 0.533. The van der Waals surface area contributed by atoms with Crippen LogP contribution >= 0.6 is 0 Å². The van der Waals surface area contributed by atoms with E-state index in [1.807, 2.05) is 18.2 Å². The van der Waals surface area contributed by atoms with Gasteiger partial charge < -0.3 is 4.74 Å². The molecule has 96 valence electrons. The van der Waals surface area contributed by atoms with Crippen molar-refractivity contribution in [3.05, 3.63) is 35.9 Å². The van der Waals surface area contributed by atoms with Crippen LogP contribution in [0.4, 0.5) is 0 Å². The average molecular weight is 245 g/mol. The molecule has 0 spiro atoms. The number of benzene rings is 1. The second-order valence-electron chi connectivity index (χ2n) is 5.67. The molecule has 2 heterocycles. The van der Waals surface area contributed by atoms with E-state index in [4.69, 9.17) is 4.74 Å². The Kier molecular flexibility index (Phi) is 2.67. The predicted octanol–water partition coefficient (Wildman–Crippen LogP) is 2.53. The minimum Gasteiger partial charge on any atom is -0.458 e. The molecule has 3 heteroatoms. The first-order valence-electron chi connectivity index (χ1n) is 6.63. The summed E-state index contributed by atoms with van der Waals surface area (Å²) in [6.45, 7) is 5.15. The van der Waals surface area contributed by atoms with Crippen LogP contribution in [0, 0.1) is 0 Å². The molecule has 1 aromatic rings. The highest BCUT2D eigenvalue weighted by molar-refractivity contribution is 5.79. The van der Waals surface area contributed by atoms with Crippen molar-refractivity contribution in [3.63, 3.8) is 0 Å². The van der Waals surface area contributed by atoms with Gasteiger partial charge in [-0.1, -0.05) is 30.3 Å². The van der Waals surface area contributed by atoms with Gasteiger partial charge in [-0.3, -0.25) is 9.69 Å². The van der Waals surface area contributed by atoms with Crippen molar-refractivity contribution in [2.45, 2.75) is 44.4 Å². The van der Waals surface area contributed by atoms with Crippen LogP contribution in [0.15, 0.2) is 30.3 Å². The van der Waals surface area contributed by atoms with Gasteiger partial charge in [-0.25, -0.2) is 0 Å². The number of carbonyl (C=O) groups is 1. The van der Waals surface area contributed by atoms with Crippen molar-refractivity contribution in [3.8, 4) is 0 Å². The van der Waals surface area contributed by atoms with Crippen LogP contribution in [0.2, 0.25) is 0 Å². The van der Waals surface area contributed by atoms with Crippen LogP contribution in [0.25, 0.3) is 0 Å². The van der Waals surface area contributed by atoms with Crippen LogP contribution in [-0.2, 0) is 9.53 Å². The maximum Gasteiger partial charge on any atom is 0.324 e. The largest absolute Gasteiger partial charge is 0.458 e. The fourth-order valence-electron chi connectivity index (χ4n) is 3.16. The summed E-state index contributed by atoms with van der Waals surface area (Å²) in [5.74, 6) is -0.0437. The third kappa shape index (κ3) is 1.83. The Morgan fingerprint density at radius 2 is 2.11 bits per heavy atom. The molecular formula is C15H19NO2. The molecule has 0 saturated carbocycles. The molecule has 1 aromatic carbocycles. The van der Waals surface area contributed by atoms with E-state index in [1.54, 1.807) is 0 Å². The Bertz CT molecular complexity index is 459. The number of hydrogen-bond donors (Lipinski definition) is 0. The topological polar surface area (TPSA) is 29.5 Å². The van der Waals surface area contributed by atoms with Crippen molar-refractivity contribution in [1.29, 1.82) is 0 Å². The molecule has 18 heavy (non-hydrogen) atoms. The smallest absolute Gasteiger partial charge is 0.324 e. The van der Waals surface area contributed by atoms with Gasteiger partial charge in [0.25, 0.3) is 0 Å². The summed E-state index contributed by atoms with van der Waals surface area (Å²) in [5.41, 5.74) is 1.05. The van der Waals surface area contributed by atoms with Crippen molar-refractivity contribution in [2.75, 3.05) is 6.54 Å². The van der Waals surface area contributed by atoms with Gasteiger partial charge in [0.2, 0.25) is 0 Å². The molecule has 0 aromatic heterocycles. The minimum atomic E-state index is -0.214. The lowest BCUT2D eigenvalue weighted by Gasteiger charge is -2.37. The second kappa shape index (κ2) is 4.09. The molecule has 0 radical (unpaired) electrons. The van der Waals surface area contributed by atoms with Gasteiger partial charge in [-0.15, -0.1) is 0 Å². The highest BCUT2D eigenvalue weighted by Gasteiger charge is 2.50. The maximum absolute atomic E-state index is 11.9. The molecule has 3 atom stereocenters. The highest BCUT2D eigenvalue weighted by atomic mass is 16.6. The first kappa shape index (κ1) is 11.7. The number of hydrogen-bond acceptors (Lipinski definition) is 3. The molecule has 3 nitrogen and oxygen atoms in total. The van der Waals surface area contributed by atoms with E-state index in [0.717, 1.165) is 19.4 Å². The first-order chi connectivity index (χ1) is 8.59. The molecular weight excluding hydrogens is 226 g/mol. The van der Waals surface area contributed by atoms with Crippen LogP contribution in [0.5, 0.6) is 0 Å². The van der Waals surface area contributed by atoms with E-state index in [1.165, 1.54) is 5.56 Å². The lowest BCUT2D eigenvalue weighted by molar-refractivity contribution is -0.148. The summed E-state index contributed by atoms with van der Waals surface area (Å²) in [4.78, 5) is 14.2. The van der Waals surface area contributed by atoms with Crippen LogP contribution in [0.1, 0.15) is 38.3 Å². The quantitative estimate of drug-likeness (QED) is 0.750. The number of carbonyl (C=O) groups excluding carboxylic acids is 1. The molecule has 0 amide bonds. The van der Waals surface area contributed by atoms with Crippen molar-refractivity contribution in [2.24, 2.45) is 0 Å². The normalized spacial score (nSPS) is 33.2. The first-order valence-corrected chi connectivity index (χ1v) is 6.63. The zero-order chi connectivity index (χ0) is 12.8. The number of ether oxygens (including phenoxy) is 1. The molecule has 0 N–H and O–H groups in total. The molecule has 3 rings (SSSR count). The molecule has 2 aliphatic heterocycles. The van der Waals surface area contributed by atoms with Gasteiger partial charge in [0.1, 0.15) is 11.6 Å². The number of fused-ring (bicyclic) bond motifs is 2. The third-order valence-corrected chi connectivity index (χ3v) is 4.32. The molecule has 2 fully saturated rings. The van der Waals surface area contributed by atoms with Crippen molar-refractivity contribution < 1.29 is 9.53 Å². The van der Waals surface area contributed by atoms with E-state index < -0.39 is 0 Å². The molecule has 2 bridgehead atoms. The minimum absolute atomic E-state index is 0.0437. The molecule has 0 aliphatic carbocycles. The molecule has 2 saturated heterocycles. The van der Waals surface area contributed by atoms with E-state index in [9.17, 15) is 4.79 Å². The predicted molar refractivity (Wildman–Crippen MR) is 69.1 cm³/mol. The van der Waals surface area contributed by atoms with Gasteiger partial charge in [0.05, 0.1) is 0 Å². The standard InChI is InChI=1S/C15H19NO2/c1-11(12-6-4-3-5-7-12)16-9-8-15(2)10-13(16)14(17)18-15/h3-7,11,13H,8-10H2,1-2H3/t11?,13-,15+/m0/s1. The lowest BCUT2D eigenvalue weighted by atomic mass is 9.89. The number of likely N-dealkylation sites (tertiary alicyclic amines) is 1. The second-order valence-corrected chi connectivity index (χ2v) is 5.67. The zero-order valence-electron chi connectivity index (χ0n) is 10.9. The van der Waals surface area contributed by atoms with Gasteiger partial charge in [-0.2, -0.15) is 0 Å². The Morgan fingerprint density at radius 1 is 1.39 bits per heavy atom. The number of piperidine rings is 1. The van der Waals surface area contributed by atoms with Crippen molar-refractivity contribution in [1.82, 2.24) is 4.90 Å². The van der Waals surface area contributed by atoms with Crippen LogP contribution < -0.4 is 0 Å². The van der Waals surface area contributed by atoms with Gasteiger partial charge in [-0.05, 0) is 25.8 Å². The number of esters is 1. The summed E-state index contributed by atoms with van der Waals surface area (Å²) < 4.78 is 5.51. The Morgan fingerprint density at radius 3 is 2.83 bits per heavy atom. The SMILES string of the molecule is CC(c1ccccc1)N1CC[C@]2(C)C[C@H]1C(=O)O2. The molecule has 1 unspecified atom stereocenters. The van der Waals surface area contributed by atoms with Crippen molar-refractivity contribution >= 4 is 5.97 Å². The Hall–Kier alpha value is -1.35. The fourth-order valence-corrected chi connectivity index (χ4v) is 3.16. The summed E-state index contributed by atoms with van der Waals surface area (Å²) in [6.07, 6.45) is 1.77. The van der Waals surface area contributed by atoms with E-state index >= 15 is 0 Å². The zero-order valence-corrected chi connectivity index (χ0v) is 10.9. The third-order valence-electron chi connectivity index (χ3n) is 4.32. The lowest BCUT2D eigenvalue weighted by Crippen LogP contribution is -2.45. The Balaban J connectivity index is 1.84. The van der Waals surface area contributed by atoms with Crippen LogP contribution in [0.3, 0.4) is 0 Å². The Labute approximate surface area is 108 Å². The van der Waals surface area contributed by atoms with E-state index in [0.29, 0.717) is 0 Å². The maximum atomic E-state index is 11.9. The van der Waals surface area contributed by atoms with Gasteiger partial charge in [0.15, 0.2) is 0 Å². The van der Waals surface area contributed by atoms with E-state index in [-0.39, 0.29) is 23.7 Å². The molecule has 2 aliphatic rings. The van der Waals surface area contributed by atoms with Crippen LogP contribution in [-0.4, -0.2) is 29.1 Å². The summed E-state index contributed by atoms with van der Waals surface area (Å²) >= 11 is 0. The summed E-state index contributed by atoms with van der Waals surface area (Å²) in [6, 6.07) is 10.6. The highest BCUT2D eigenvalue weighted by Crippen LogP contribution is 2.40. The monoisotopic (exact) mass is 245 g/mol. The van der Waals surface area contributed by atoms with Gasteiger partial charge >= 0.3 is 5.97 Å². The average Bonchev–Trinajstić information content (AvgIpc) is 2.61. The van der Waals surface area contributed by atoms with E-state index in [2.05, 4.69) is 30.9 Å². The summed E-state index contributed by atoms with van der Waals surface area (Å²) in [7, 11) is 0. The summed E-state index contributed by atoms with van der Waals surface area (Å²) in [5, 5.41) is 0. The van der Waals surface area contributed by atoms with Gasteiger partial charge in [0, 0.05) is 19.0 Å².